The van der Waals surface area contributed by atoms with Crippen molar-refractivity contribution in [3.8, 4) is 6.01 Å². The van der Waals surface area contributed by atoms with Gasteiger partial charge in [0.25, 0.3) is 0 Å². The molecule has 0 aliphatic carbocycles. The van der Waals surface area contributed by atoms with Crippen LogP contribution >= 0.6 is 15.9 Å². The molecule has 0 unspecified atom stereocenters. The molecule has 0 aromatic carbocycles. The van der Waals surface area contributed by atoms with Gasteiger partial charge in [-0.05, 0) is 15.9 Å². The van der Waals surface area contributed by atoms with E-state index in [0.29, 0.717) is 6.29 Å². The number of hydrogen-bond acceptors (Lipinski definition) is 5. The van der Waals surface area contributed by atoms with Gasteiger partial charge in [-0.2, -0.15) is 4.98 Å². The van der Waals surface area contributed by atoms with Crippen molar-refractivity contribution in [3.05, 3.63) is 4.73 Å². The molecule has 0 radical (unpaired) electrons. The van der Waals surface area contributed by atoms with Crippen molar-refractivity contribution in [2.24, 2.45) is 0 Å². The van der Waals surface area contributed by atoms with Crippen LogP contribution in [0.5, 0.6) is 6.01 Å². The summed E-state index contributed by atoms with van der Waals surface area (Å²) in [4.78, 5) is 24.1. The minimum atomic E-state index is -0.673. The molecule has 1 aromatic rings. The molecule has 0 saturated heterocycles. The van der Waals surface area contributed by atoms with E-state index in [1.54, 1.807) is 0 Å². The molecular weight excluding hydrogens is 230 g/mol. The van der Waals surface area contributed by atoms with Crippen molar-refractivity contribution >= 4 is 28.2 Å². The number of carbonyl (C=O) groups is 2. The van der Waals surface area contributed by atoms with Gasteiger partial charge in [0.2, 0.25) is 4.73 Å². The minimum Gasteiger partial charge on any atom is -0.391 e. The van der Waals surface area contributed by atoms with Crippen LogP contribution in [0.4, 0.5) is 0 Å². The number of H-pyrrole nitrogens is 1. The van der Waals surface area contributed by atoms with Crippen LogP contribution in [0.3, 0.4) is 0 Å². The Morgan fingerprint density at radius 3 is 3.00 bits per heavy atom. The van der Waals surface area contributed by atoms with Gasteiger partial charge in [-0.15, -0.1) is 5.10 Å². The summed E-state index contributed by atoms with van der Waals surface area (Å²) in [7, 11) is 0. The molecule has 0 spiro atoms. The van der Waals surface area contributed by atoms with Gasteiger partial charge in [0.05, 0.1) is 0 Å². The Bertz CT molecular complexity index is 298. The third-order valence-electron chi connectivity index (χ3n) is 0.898. The highest BCUT2D eigenvalue weighted by Gasteiger charge is 2.06. The lowest BCUT2D eigenvalue weighted by Gasteiger charge is -1.93. The van der Waals surface area contributed by atoms with Gasteiger partial charge in [0.1, 0.15) is 12.7 Å². The summed E-state index contributed by atoms with van der Waals surface area (Å²) in [5.74, 6) is -0.673. The minimum absolute atomic E-state index is 0.0336. The number of aromatic nitrogens is 3. The maximum absolute atomic E-state index is 10.7. The zero-order valence-electron chi connectivity index (χ0n) is 5.78. The zero-order chi connectivity index (χ0) is 8.97. The van der Waals surface area contributed by atoms with E-state index in [4.69, 9.17) is 0 Å². The summed E-state index contributed by atoms with van der Waals surface area (Å²) in [5.41, 5.74) is 0. The van der Waals surface area contributed by atoms with Crippen LogP contribution in [-0.4, -0.2) is 27.4 Å². The Balaban J connectivity index is 2.52. The number of rotatable bonds is 3. The molecule has 0 atom stereocenters. The van der Waals surface area contributed by atoms with Crippen molar-refractivity contribution in [1.82, 2.24) is 15.2 Å². The van der Waals surface area contributed by atoms with Crippen LogP contribution in [0.25, 0.3) is 0 Å². The highest BCUT2D eigenvalue weighted by atomic mass is 79.9. The monoisotopic (exact) mass is 233 g/mol. The van der Waals surface area contributed by atoms with Crippen molar-refractivity contribution in [3.63, 3.8) is 0 Å². The number of halogens is 1. The average molecular weight is 234 g/mol. The summed E-state index contributed by atoms with van der Waals surface area (Å²) in [5, 5.41) is 5.87. The average Bonchev–Trinajstić information content (AvgIpc) is 2.36. The Morgan fingerprint density at radius 2 is 2.50 bits per heavy atom. The predicted octanol–water partition coefficient (Wildman–Crippen LogP) is 0.0616. The van der Waals surface area contributed by atoms with E-state index in [0.717, 1.165) is 0 Å². The molecule has 1 aromatic heterocycles. The highest BCUT2D eigenvalue weighted by Crippen LogP contribution is 2.06. The second-order valence-electron chi connectivity index (χ2n) is 1.75. The molecule has 1 N–H and O–H groups in total. The first-order valence-corrected chi connectivity index (χ1v) is 3.74. The molecule has 0 saturated carbocycles. The molecule has 0 fully saturated rings. The number of aldehydes is 1. The van der Waals surface area contributed by atoms with Gasteiger partial charge in [0.15, 0.2) is 0 Å². The molecule has 0 aliphatic rings. The topological polar surface area (TPSA) is 84.9 Å². The van der Waals surface area contributed by atoms with Crippen molar-refractivity contribution in [2.75, 3.05) is 0 Å². The number of carbonyl (C=O) groups excluding carboxylic acids is 2. The Hall–Kier alpha value is -1.24. The summed E-state index contributed by atoms with van der Waals surface area (Å²) < 4.78 is 4.83. The summed E-state index contributed by atoms with van der Waals surface area (Å²) in [6.45, 7) is 0. The number of hydrogen-bond donors (Lipinski definition) is 1. The molecule has 0 aliphatic heterocycles. The van der Waals surface area contributed by atoms with Gasteiger partial charge in [0, 0.05) is 0 Å². The SMILES string of the molecule is O=CCC(=O)Oc1nc(Br)n[nH]1. The zero-order valence-corrected chi connectivity index (χ0v) is 7.37. The van der Waals surface area contributed by atoms with Gasteiger partial charge in [-0.25, -0.2) is 5.10 Å². The van der Waals surface area contributed by atoms with Crippen LogP contribution in [0.2, 0.25) is 0 Å². The van der Waals surface area contributed by atoms with Gasteiger partial charge >= 0.3 is 12.0 Å². The standard InChI is InChI=1S/C5H4BrN3O3/c6-4-7-5(9-8-4)12-3(11)1-2-10/h2H,1H2,(H,7,8,9). The normalized spacial score (nSPS) is 9.42. The van der Waals surface area contributed by atoms with E-state index in [2.05, 4.69) is 35.8 Å². The first kappa shape index (κ1) is 8.85. The molecule has 1 rings (SSSR count). The summed E-state index contributed by atoms with van der Waals surface area (Å²) in [6.07, 6.45) is 0.159. The first-order chi connectivity index (χ1) is 5.72. The van der Waals surface area contributed by atoms with Crippen molar-refractivity contribution < 1.29 is 14.3 Å². The predicted molar refractivity (Wildman–Crippen MR) is 40.4 cm³/mol. The van der Waals surface area contributed by atoms with E-state index in [9.17, 15) is 9.59 Å². The van der Waals surface area contributed by atoms with Gasteiger partial charge < -0.3 is 9.53 Å². The van der Waals surface area contributed by atoms with E-state index in [1.807, 2.05) is 0 Å². The van der Waals surface area contributed by atoms with Gasteiger partial charge in [-0.3, -0.25) is 4.79 Å². The lowest BCUT2D eigenvalue weighted by molar-refractivity contribution is -0.136. The quantitative estimate of drug-likeness (QED) is 0.454. The van der Waals surface area contributed by atoms with E-state index >= 15 is 0 Å². The number of aromatic amines is 1. The lowest BCUT2D eigenvalue weighted by atomic mass is 10.5. The molecule has 64 valence electrons. The molecule has 12 heavy (non-hydrogen) atoms. The molecule has 7 heteroatoms. The fourth-order valence-electron chi connectivity index (χ4n) is 0.491. The summed E-state index contributed by atoms with van der Waals surface area (Å²) in [6, 6.07) is -0.0336. The largest absolute Gasteiger partial charge is 0.391 e. The molecular formula is C5H4BrN3O3. The Kier molecular flexibility index (Phi) is 2.92. The van der Waals surface area contributed by atoms with Crippen LogP contribution in [0, 0.1) is 0 Å². The first-order valence-electron chi connectivity index (χ1n) is 2.94. The maximum Gasteiger partial charge on any atom is 0.320 e. The van der Waals surface area contributed by atoms with Gasteiger partial charge in [-0.1, -0.05) is 0 Å². The number of ether oxygens (including phenoxy) is 1. The van der Waals surface area contributed by atoms with Crippen LogP contribution < -0.4 is 4.74 Å². The molecule has 0 amide bonds. The molecule has 1 heterocycles. The summed E-state index contributed by atoms with van der Waals surface area (Å²) >= 11 is 2.95. The van der Waals surface area contributed by atoms with Crippen molar-refractivity contribution in [1.29, 1.82) is 0 Å². The maximum atomic E-state index is 10.7. The molecule has 0 bridgehead atoms. The second kappa shape index (κ2) is 3.96. The fraction of sp³-hybridized carbons (Fsp3) is 0.200. The van der Waals surface area contributed by atoms with Crippen molar-refractivity contribution in [2.45, 2.75) is 6.42 Å². The van der Waals surface area contributed by atoms with Crippen LogP contribution in [0.15, 0.2) is 4.73 Å². The Labute approximate surface area is 75.4 Å². The number of nitrogens with one attached hydrogen (secondary N) is 1. The Morgan fingerprint density at radius 1 is 1.75 bits per heavy atom. The fourth-order valence-corrected chi connectivity index (χ4v) is 0.741. The number of nitrogens with zero attached hydrogens (tertiary/aromatic N) is 2. The lowest BCUT2D eigenvalue weighted by Crippen LogP contribution is -2.08. The highest BCUT2D eigenvalue weighted by molar-refractivity contribution is 9.10. The van der Waals surface area contributed by atoms with Crippen LogP contribution in [0.1, 0.15) is 6.42 Å². The third-order valence-corrected chi connectivity index (χ3v) is 1.25. The third kappa shape index (κ3) is 2.42. The smallest absolute Gasteiger partial charge is 0.320 e. The van der Waals surface area contributed by atoms with Crippen LogP contribution in [-0.2, 0) is 9.59 Å². The van der Waals surface area contributed by atoms with E-state index < -0.39 is 5.97 Å². The van der Waals surface area contributed by atoms with E-state index in [1.165, 1.54) is 0 Å². The second-order valence-corrected chi connectivity index (χ2v) is 2.46. The number of esters is 1. The molecule has 6 nitrogen and oxygen atoms in total. The van der Waals surface area contributed by atoms with E-state index in [-0.39, 0.29) is 17.2 Å².